The lowest BCUT2D eigenvalue weighted by Gasteiger charge is -2.24. The smallest absolute Gasteiger partial charge is 0.292 e. The van der Waals surface area contributed by atoms with Gasteiger partial charge < -0.3 is 20.7 Å². The van der Waals surface area contributed by atoms with Gasteiger partial charge in [0.15, 0.2) is 0 Å². The number of nitrogens with zero attached hydrogens (tertiary/aromatic N) is 1. The van der Waals surface area contributed by atoms with E-state index in [1.54, 1.807) is 6.07 Å². The number of hydrogen-bond donors (Lipinski definition) is 3. The van der Waals surface area contributed by atoms with Gasteiger partial charge in [0.25, 0.3) is 5.69 Å². The summed E-state index contributed by atoms with van der Waals surface area (Å²) >= 11 is 0. The standard InChI is InChI=1S/C13H16N4O4/c18-13-4-8-3-12(17(19)20)11(5-10(8)16-13)15-7-9-6-14-1-2-21-9/h3,5,9,14-15H,1-2,4,6-7H2,(H,16,18). The summed E-state index contributed by atoms with van der Waals surface area (Å²) in [6, 6.07) is 3.07. The number of rotatable bonds is 4. The van der Waals surface area contributed by atoms with E-state index in [4.69, 9.17) is 4.74 Å². The van der Waals surface area contributed by atoms with Crippen LogP contribution in [0.25, 0.3) is 0 Å². The van der Waals surface area contributed by atoms with Gasteiger partial charge in [0.1, 0.15) is 5.69 Å². The first-order chi connectivity index (χ1) is 10.1. The number of benzene rings is 1. The Morgan fingerprint density at radius 1 is 1.48 bits per heavy atom. The molecule has 1 aromatic carbocycles. The maximum atomic E-state index is 11.4. The topological polar surface area (TPSA) is 106 Å². The van der Waals surface area contributed by atoms with E-state index in [2.05, 4.69) is 16.0 Å². The number of carbonyl (C=O) groups is 1. The van der Waals surface area contributed by atoms with E-state index in [0.717, 1.165) is 6.54 Å². The fourth-order valence-corrected chi connectivity index (χ4v) is 2.53. The Labute approximate surface area is 121 Å². The van der Waals surface area contributed by atoms with Crippen molar-refractivity contribution in [3.63, 3.8) is 0 Å². The third kappa shape index (κ3) is 2.96. The molecule has 0 aliphatic carbocycles. The molecule has 1 atom stereocenters. The number of ether oxygens (including phenoxy) is 1. The van der Waals surface area contributed by atoms with Crippen LogP contribution in [-0.2, 0) is 16.0 Å². The van der Waals surface area contributed by atoms with Crippen LogP contribution in [0.4, 0.5) is 17.1 Å². The quantitative estimate of drug-likeness (QED) is 0.551. The lowest BCUT2D eigenvalue weighted by molar-refractivity contribution is -0.384. The van der Waals surface area contributed by atoms with Crippen LogP contribution in [-0.4, -0.2) is 43.2 Å². The Morgan fingerprint density at radius 3 is 3.05 bits per heavy atom. The van der Waals surface area contributed by atoms with Gasteiger partial charge in [0.05, 0.1) is 24.1 Å². The maximum absolute atomic E-state index is 11.4. The molecule has 2 aliphatic rings. The van der Waals surface area contributed by atoms with Crippen molar-refractivity contribution >= 4 is 23.0 Å². The fourth-order valence-electron chi connectivity index (χ4n) is 2.53. The summed E-state index contributed by atoms with van der Waals surface area (Å²) in [6.07, 6.45) is 0.160. The minimum atomic E-state index is -0.439. The zero-order valence-electron chi connectivity index (χ0n) is 11.3. The molecule has 1 fully saturated rings. The van der Waals surface area contributed by atoms with E-state index >= 15 is 0 Å². The SMILES string of the molecule is O=C1Cc2cc([N+](=O)[O-])c(NCC3CNCCO3)cc2N1. The van der Waals surface area contributed by atoms with Crippen molar-refractivity contribution in [3.05, 3.63) is 27.8 Å². The average molecular weight is 292 g/mol. The van der Waals surface area contributed by atoms with Gasteiger partial charge in [-0.1, -0.05) is 0 Å². The summed E-state index contributed by atoms with van der Waals surface area (Å²) in [5.74, 6) is -0.142. The normalized spacial score (nSPS) is 20.8. The molecule has 8 heteroatoms. The molecular weight excluding hydrogens is 276 g/mol. The van der Waals surface area contributed by atoms with Crippen LogP contribution in [0.15, 0.2) is 12.1 Å². The van der Waals surface area contributed by atoms with Crippen molar-refractivity contribution in [2.45, 2.75) is 12.5 Å². The molecule has 21 heavy (non-hydrogen) atoms. The number of nitro groups is 1. The van der Waals surface area contributed by atoms with Crippen molar-refractivity contribution in [1.82, 2.24) is 5.32 Å². The molecule has 1 saturated heterocycles. The van der Waals surface area contributed by atoms with Crippen molar-refractivity contribution in [2.24, 2.45) is 0 Å². The second-order valence-corrected chi connectivity index (χ2v) is 5.09. The van der Waals surface area contributed by atoms with Crippen LogP contribution < -0.4 is 16.0 Å². The van der Waals surface area contributed by atoms with Crippen LogP contribution in [0.1, 0.15) is 5.56 Å². The second kappa shape index (κ2) is 5.66. The van der Waals surface area contributed by atoms with Crippen molar-refractivity contribution < 1.29 is 14.5 Å². The minimum absolute atomic E-state index is 0.0194. The number of anilines is 2. The summed E-state index contributed by atoms with van der Waals surface area (Å²) in [4.78, 5) is 22.1. The van der Waals surface area contributed by atoms with Crippen LogP contribution in [0.3, 0.4) is 0 Å². The predicted octanol–water partition coefficient (Wildman–Crippen LogP) is 0.490. The fraction of sp³-hybridized carbons (Fsp3) is 0.462. The van der Waals surface area contributed by atoms with Gasteiger partial charge in [-0.2, -0.15) is 0 Å². The summed E-state index contributed by atoms with van der Waals surface area (Å²) in [5, 5.41) is 20.1. The van der Waals surface area contributed by atoms with Gasteiger partial charge >= 0.3 is 0 Å². The molecule has 0 spiro atoms. The summed E-state index contributed by atoms with van der Waals surface area (Å²) in [6.45, 7) is 2.64. The van der Waals surface area contributed by atoms with Crippen LogP contribution in [0.2, 0.25) is 0 Å². The Kier molecular flexibility index (Phi) is 3.72. The zero-order valence-corrected chi connectivity index (χ0v) is 11.3. The van der Waals surface area contributed by atoms with E-state index in [1.807, 2.05) is 0 Å². The highest BCUT2D eigenvalue weighted by molar-refractivity contribution is 6.00. The van der Waals surface area contributed by atoms with Gasteiger partial charge in [-0.3, -0.25) is 14.9 Å². The molecule has 3 N–H and O–H groups in total. The number of carbonyl (C=O) groups excluding carboxylic acids is 1. The molecular formula is C13H16N4O4. The molecule has 0 aromatic heterocycles. The monoisotopic (exact) mass is 292 g/mol. The number of nitrogens with one attached hydrogen (secondary N) is 3. The third-order valence-corrected chi connectivity index (χ3v) is 3.57. The number of hydrogen-bond acceptors (Lipinski definition) is 6. The molecule has 0 radical (unpaired) electrons. The van der Waals surface area contributed by atoms with E-state index in [1.165, 1.54) is 6.07 Å². The van der Waals surface area contributed by atoms with E-state index in [-0.39, 0.29) is 24.1 Å². The molecule has 2 aliphatic heterocycles. The molecule has 0 bridgehead atoms. The van der Waals surface area contributed by atoms with E-state index < -0.39 is 4.92 Å². The number of fused-ring (bicyclic) bond motifs is 1. The maximum Gasteiger partial charge on any atom is 0.292 e. The number of amides is 1. The molecule has 112 valence electrons. The van der Waals surface area contributed by atoms with E-state index in [9.17, 15) is 14.9 Å². The largest absolute Gasteiger partial charge is 0.377 e. The van der Waals surface area contributed by atoms with Crippen molar-refractivity contribution in [2.75, 3.05) is 36.9 Å². The van der Waals surface area contributed by atoms with Gasteiger partial charge in [-0.15, -0.1) is 0 Å². The molecule has 1 aromatic rings. The highest BCUT2D eigenvalue weighted by Crippen LogP contribution is 2.34. The number of nitro benzene ring substituents is 1. The first-order valence-corrected chi connectivity index (χ1v) is 6.81. The zero-order chi connectivity index (χ0) is 14.8. The van der Waals surface area contributed by atoms with Gasteiger partial charge in [0, 0.05) is 31.4 Å². The number of morpholine rings is 1. The lowest BCUT2D eigenvalue weighted by Crippen LogP contribution is -2.42. The van der Waals surface area contributed by atoms with Gasteiger partial charge in [-0.05, 0) is 11.6 Å². The Balaban J connectivity index is 1.78. The molecule has 0 saturated carbocycles. The second-order valence-electron chi connectivity index (χ2n) is 5.09. The average Bonchev–Trinajstić information content (AvgIpc) is 2.84. The highest BCUT2D eigenvalue weighted by atomic mass is 16.6. The van der Waals surface area contributed by atoms with Crippen LogP contribution in [0.5, 0.6) is 0 Å². The molecule has 3 rings (SSSR count). The first-order valence-electron chi connectivity index (χ1n) is 6.81. The Hall–Kier alpha value is -2.19. The highest BCUT2D eigenvalue weighted by Gasteiger charge is 2.25. The molecule has 1 amide bonds. The van der Waals surface area contributed by atoms with Crippen molar-refractivity contribution in [3.8, 4) is 0 Å². The Morgan fingerprint density at radius 2 is 2.33 bits per heavy atom. The molecule has 1 unspecified atom stereocenters. The first kappa shape index (κ1) is 13.8. The van der Waals surface area contributed by atoms with Gasteiger partial charge in [-0.25, -0.2) is 0 Å². The minimum Gasteiger partial charge on any atom is -0.377 e. The summed E-state index contributed by atoms with van der Waals surface area (Å²) in [5.41, 5.74) is 1.67. The van der Waals surface area contributed by atoms with Gasteiger partial charge in [0.2, 0.25) is 5.91 Å². The van der Waals surface area contributed by atoms with Crippen LogP contribution >= 0.6 is 0 Å². The summed E-state index contributed by atoms with van der Waals surface area (Å²) in [7, 11) is 0. The predicted molar refractivity (Wildman–Crippen MR) is 76.5 cm³/mol. The van der Waals surface area contributed by atoms with E-state index in [0.29, 0.717) is 36.6 Å². The molecule has 8 nitrogen and oxygen atoms in total. The van der Waals surface area contributed by atoms with Crippen LogP contribution in [0, 0.1) is 10.1 Å². The lowest BCUT2D eigenvalue weighted by atomic mass is 10.1. The Bertz CT molecular complexity index is 584. The third-order valence-electron chi connectivity index (χ3n) is 3.57. The van der Waals surface area contributed by atoms with Crippen molar-refractivity contribution in [1.29, 1.82) is 0 Å². The molecule has 2 heterocycles. The summed E-state index contributed by atoms with van der Waals surface area (Å²) < 4.78 is 5.55.